The number of nitrogens with two attached hydrogens (primary N) is 1. The molecule has 4 nitrogen and oxygen atoms in total. The van der Waals surface area contributed by atoms with Crippen molar-refractivity contribution in [3.63, 3.8) is 0 Å². The molecule has 0 heterocycles. The Morgan fingerprint density at radius 3 is 2.00 bits per heavy atom. The second-order valence-electron chi connectivity index (χ2n) is 3.24. The molecule has 0 fully saturated rings. The van der Waals surface area contributed by atoms with E-state index in [2.05, 4.69) is 0 Å². The van der Waals surface area contributed by atoms with E-state index >= 15 is 0 Å². The first-order chi connectivity index (χ1) is 7.65. The molecule has 1 aromatic carbocycles. The van der Waals surface area contributed by atoms with E-state index in [-0.39, 0.29) is 6.42 Å². The van der Waals surface area contributed by atoms with Gasteiger partial charge in [-0.25, -0.2) is 0 Å². The molecule has 1 amide bonds. The standard InChI is InChI=1S/C12H11NO3/c13-12(16)3-1-2-9-4-10(7-14)6-11(5-9)8-15/h1-2,4-8H,3H2,(H2,13,16). The first-order valence-corrected chi connectivity index (χ1v) is 4.66. The van der Waals surface area contributed by atoms with Gasteiger partial charge in [0.15, 0.2) is 0 Å². The molecule has 0 aliphatic heterocycles. The van der Waals surface area contributed by atoms with Crippen LogP contribution in [0.1, 0.15) is 32.7 Å². The zero-order valence-corrected chi connectivity index (χ0v) is 8.55. The molecule has 1 rings (SSSR count). The minimum absolute atomic E-state index is 0.127. The Morgan fingerprint density at radius 2 is 1.56 bits per heavy atom. The number of hydrogen-bond acceptors (Lipinski definition) is 3. The quantitative estimate of drug-likeness (QED) is 0.753. The number of carbonyl (C=O) groups is 3. The van der Waals surface area contributed by atoms with Crippen molar-refractivity contribution in [2.75, 3.05) is 0 Å². The largest absolute Gasteiger partial charge is 0.369 e. The summed E-state index contributed by atoms with van der Waals surface area (Å²) in [4.78, 5) is 31.7. The summed E-state index contributed by atoms with van der Waals surface area (Å²) in [6.45, 7) is 0. The maximum Gasteiger partial charge on any atom is 0.221 e. The molecular weight excluding hydrogens is 206 g/mol. The molecule has 0 bridgehead atoms. The molecule has 0 spiro atoms. The Labute approximate surface area is 92.8 Å². The average molecular weight is 217 g/mol. The molecule has 4 heteroatoms. The van der Waals surface area contributed by atoms with E-state index in [9.17, 15) is 14.4 Å². The topological polar surface area (TPSA) is 77.2 Å². The van der Waals surface area contributed by atoms with Gasteiger partial charge in [-0.3, -0.25) is 14.4 Å². The molecule has 1 aromatic rings. The third-order valence-electron chi connectivity index (χ3n) is 1.90. The molecule has 0 aliphatic carbocycles. The fourth-order valence-corrected chi connectivity index (χ4v) is 1.25. The van der Waals surface area contributed by atoms with Crippen LogP contribution >= 0.6 is 0 Å². The Hall–Kier alpha value is -2.23. The lowest BCUT2D eigenvalue weighted by Crippen LogP contribution is -2.07. The molecule has 0 saturated carbocycles. The molecular formula is C12H11NO3. The second-order valence-corrected chi connectivity index (χ2v) is 3.24. The summed E-state index contributed by atoms with van der Waals surface area (Å²) in [6, 6.07) is 4.74. The smallest absolute Gasteiger partial charge is 0.221 e. The van der Waals surface area contributed by atoms with Crippen LogP contribution in [0.4, 0.5) is 0 Å². The number of carbonyl (C=O) groups excluding carboxylic acids is 3. The summed E-state index contributed by atoms with van der Waals surface area (Å²) >= 11 is 0. The van der Waals surface area contributed by atoms with Gasteiger partial charge in [0.2, 0.25) is 5.91 Å². The van der Waals surface area contributed by atoms with E-state index in [1.54, 1.807) is 24.3 Å². The lowest BCUT2D eigenvalue weighted by atomic mass is 10.1. The Kier molecular flexibility index (Phi) is 4.15. The highest BCUT2D eigenvalue weighted by Crippen LogP contribution is 2.09. The highest BCUT2D eigenvalue weighted by atomic mass is 16.1. The third-order valence-corrected chi connectivity index (χ3v) is 1.90. The summed E-state index contributed by atoms with van der Waals surface area (Å²) in [7, 11) is 0. The normalized spacial score (nSPS) is 10.2. The van der Waals surface area contributed by atoms with E-state index in [1.807, 2.05) is 0 Å². The number of hydrogen-bond donors (Lipinski definition) is 1. The average Bonchev–Trinajstić information content (AvgIpc) is 2.28. The van der Waals surface area contributed by atoms with Crippen molar-refractivity contribution < 1.29 is 14.4 Å². The van der Waals surface area contributed by atoms with Crippen molar-refractivity contribution in [3.8, 4) is 0 Å². The lowest BCUT2D eigenvalue weighted by molar-refractivity contribution is -0.117. The van der Waals surface area contributed by atoms with Crippen molar-refractivity contribution in [2.24, 2.45) is 5.73 Å². The number of rotatable bonds is 5. The van der Waals surface area contributed by atoms with E-state index in [0.717, 1.165) is 0 Å². The molecule has 0 aromatic heterocycles. The van der Waals surface area contributed by atoms with Crippen LogP contribution in [0.5, 0.6) is 0 Å². The van der Waals surface area contributed by atoms with Crippen molar-refractivity contribution in [3.05, 3.63) is 41.0 Å². The van der Waals surface area contributed by atoms with Gasteiger partial charge < -0.3 is 5.73 Å². The van der Waals surface area contributed by atoms with Gasteiger partial charge in [0.05, 0.1) is 0 Å². The number of primary amides is 1. The highest BCUT2D eigenvalue weighted by Gasteiger charge is 1.97. The molecule has 0 aliphatic rings. The summed E-state index contributed by atoms with van der Waals surface area (Å²) in [6.07, 6.45) is 4.68. The van der Waals surface area contributed by atoms with Crippen molar-refractivity contribution >= 4 is 24.6 Å². The number of benzene rings is 1. The van der Waals surface area contributed by atoms with Gasteiger partial charge in [0.1, 0.15) is 12.6 Å². The van der Waals surface area contributed by atoms with Gasteiger partial charge >= 0.3 is 0 Å². The van der Waals surface area contributed by atoms with Crippen LogP contribution in [0.3, 0.4) is 0 Å². The van der Waals surface area contributed by atoms with Gasteiger partial charge in [-0.1, -0.05) is 12.2 Å². The van der Waals surface area contributed by atoms with Crippen LogP contribution in [0, 0.1) is 0 Å². The molecule has 0 atom stereocenters. The molecule has 0 saturated heterocycles. The summed E-state index contributed by atoms with van der Waals surface area (Å²) < 4.78 is 0. The van der Waals surface area contributed by atoms with Crippen LogP contribution in [0.25, 0.3) is 6.08 Å². The third kappa shape index (κ3) is 3.49. The Morgan fingerprint density at radius 1 is 1.06 bits per heavy atom. The maximum atomic E-state index is 10.6. The van der Waals surface area contributed by atoms with Gasteiger partial charge in [0.25, 0.3) is 0 Å². The predicted octanol–water partition coefficient (Wildman–Crippen LogP) is 1.20. The highest BCUT2D eigenvalue weighted by molar-refractivity contribution is 5.84. The van der Waals surface area contributed by atoms with Gasteiger partial charge in [-0.15, -0.1) is 0 Å². The molecule has 82 valence electrons. The van der Waals surface area contributed by atoms with E-state index in [0.29, 0.717) is 29.3 Å². The minimum Gasteiger partial charge on any atom is -0.369 e. The Balaban J connectivity index is 2.94. The molecule has 2 N–H and O–H groups in total. The fourth-order valence-electron chi connectivity index (χ4n) is 1.25. The fraction of sp³-hybridized carbons (Fsp3) is 0.0833. The van der Waals surface area contributed by atoms with Crippen molar-refractivity contribution in [1.29, 1.82) is 0 Å². The predicted molar refractivity (Wildman–Crippen MR) is 60.1 cm³/mol. The second kappa shape index (κ2) is 5.60. The lowest BCUT2D eigenvalue weighted by Gasteiger charge is -1.98. The molecule has 0 unspecified atom stereocenters. The molecule has 16 heavy (non-hydrogen) atoms. The monoisotopic (exact) mass is 217 g/mol. The SMILES string of the molecule is NC(=O)CC=Cc1cc(C=O)cc(C=O)c1. The van der Waals surface area contributed by atoms with Crippen LogP contribution in [0.15, 0.2) is 24.3 Å². The van der Waals surface area contributed by atoms with Gasteiger partial charge in [-0.2, -0.15) is 0 Å². The van der Waals surface area contributed by atoms with Crippen molar-refractivity contribution in [1.82, 2.24) is 0 Å². The van der Waals surface area contributed by atoms with Crippen molar-refractivity contribution in [2.45, 2.75) is 6.42 Å². The molecule has 0 radical (unpaired) electrons. The van der Waals surface area contributed by atoms with E-state index < -0.39 is 5.91 Å². The van der Waals surface area contributed by atoms with Crippen LogP contribution < -0.4 is 5.73 Å². The summed E-state index contributed by atoms with van der Waals surface area (Å²) in [5.41, 5.74) is 6.49. The zero-order chi connectivity index (χ0) is 12.0. The zero-order valence-electron chi connectivity index (χ0n) is 8.55. The Bertz CT molecular complexity index is 423. The van der Waals surface area contributed by atoms with E-state index in [4.69, 9.17) is 5.73 Å². The number of amides is 1. The van der Waals surface area contributed by atoms with Gasteiger partial charge in [-0.05, 0) is 23.8 Å². The summed E-state index contributed by atoms with van der Waals surface area (Å²) in [5, 5.41) is 0. The number of aldehydes is 2. The first-order valence-electron chi connectivity index (χ1n) is 4.66. The van der Waals surface area contributed by atoms with Crippen LogP contribution in [-0.4, -0.2) is 18.5 Å². The van der Waals surface area contributed by atoms with E-state index in [1.165, 1.54) is 6.07 Å². The minimum atomic E-state index is -0.432. The maximum absolute atomic E-state index is 10.6. The first kappa shape index (κ1) is 11.8. The van der Waals surface area contributed by atoms with Crippen LogP contribution in [-0.2, 0) is 4.79 Å². The van der Waals surface area contributed by atoms with Gasteiger partial charge in [0, 0.05) is 17.5 Å². The van der Waals surface area contributed by atoms with Crippen LogP contribution in [0.2, 0.25) is 0 Å². The summed E-state index contributed by atoms with van der Waals surface area (Å²) in [5.74, 6) is -0.432.